The summed E-state index contributed by atoms with van der Waals surface area (Å²) in [5, 5.41) is 2.88. The molecule has 0 bridgehead atoms. The summed E-state index contributed by atoms with van der Waals surface area (Å²) >= 11 is 0. The van der Waals surface area contributed by atoms with E-state index in [1.54, 1.807) is 12.0 Å². The molecular weight excluding hydrogens is 354 g/mol. The van der Waals surface area contributed by atoms with Crippen molar-refractivity contribution >= 4 is 23.2 Å². The van der Waals surface area contributed by atoms with Crippen LogP contribution in [0.5, 0.6) is 5.75 Å². The van der Waals surface area contributed by atoms with Gasteiger partial charge < -0.3 is 19.9 Å². The topological polar surface area (TPSA) is 61.9 Å². The van der Waals surface area contributed by atoms with Gasteiger partial charge in [-0.15, -0.1) is 0 Å². The highest BCUT2D eigenvalue weighted by Crippen LogP contribution is 2.16. The number of anilines is 2. The van der Waals surface area contributed by atoms with Gasteiger partial charge in [-0.3, -0.25) is 9.59 Å². The fourth-order valence-corrected chi connectivity index (χ4v) is 2.82. The molecule has 0 saturated heterocycles. The Hall–Kier alpha value is -3.02. The van der Waals surface area contributed by atoms with Crippen LogP contribution >= 0.6 is 0 Å². The lowest BCUT2D eigenvalue weighted by Gasteiger charge is -2.21. The van der Waals surface area contributed by atoms with Gasteiger partial charge in [-0.2, -0.15) is 0 Å². The fourth-order valence-electron chi connectivity index (χ4n) is 2.82. The summed E-state index contributed by atoms with van der Waals surface area (Å²) in [4.78, 5) is 27.9. The first kappa shape index (κ1) is 21.3. The predicted molar refractivity (Wildman–Crippen MR) is 113 cm³/mol. The molecule has 2 amide bonds. The van der Waals surface area contributed by atoms with Gasteiger partial charge in [-0.1, -0.05) is 12.1 Å². The smallest absolute Gasteiger partial charge is 0.226 e. The van der Waals surface area contributed by atoms with E-state index >= 15 is 0 Å². The fraction of sp³-hybridized carbons (Fsp3) is 0.364. The molecule has 2 aromatic carbocycles. The minimum absolute atomic E-state index is 0.0361. The zero-order chi connectivity index (χ0) is 20.5. The van der Waals surface area contributed by atoms with Crippen molar-refractivity contribution in [3.63, 3.8) is 0 Å². The number of rotatable bonds is 9. The third kappa shape index (κ3) is 6.61. The third-order valence-electron chi connectivity index (χ3n) is 4.53. The molecule has 2 rings (SSSR count). The van der Waals surface area contributed by atoms with E-state index in [4.69, 9.17) is 4.74 Å². The van der Waals surface area contributed by atoms with E-state index in [0.29, 0.717) is 19.5 Å². The largest absolute Gasteiger partial charge is 0.497 e. The van der Waals surface area contributed by atoms with Gasteiger partial charge in [-0.25, -0.2) is 0 Å². The van der Waals surface area contributed by atoms with Crippen molar-refractivity contribution in [2.75, 3.05) is 44.5 Å². The molecule has 0 aliphatic rings. The monoisotopic (exact) mass is 383 g/mol. The Morgan fingerprint density at radius 1 is 1.04 bits per heavy atom. The van der Waals surface area contributed by atoms with Crippen LogP contribution < -0.4 is 15.0 Å². The van der Waals surface area contributed by atoms with Crippen LogP contribution in [0.3, 0.4) is 0 Å². The first-order chi connectivity index (χ1) is 13.4. The van der Waals surface area contributed by atoms with Crippen LogP contribution in [0.25, 0.3) is 0 Å². The Kier molecular flexibility index (Phi) is 7.87. The summed E-state index contributed by atoms with van der Waals surface area (Å²) in [6, 6.07) is 15.4. The van der Waals surface area contributed by atoms with Crippen molar-refractivity contribution in [2.24, 2.45) is 0 Å². The van der Waals surface area contributed by atoms with Gasteiger partial charge >= 0.3 is 0 Å². The van der Waals surface area contributed by atoms with Gasteiger partial charge in [0.15, 0.2) is 0 Å². The first-order valence-corrected chi connectivity index (χ1v) is 9.34. The summed E-state index contributed by atoms with van der Waals surface area (Å²) in [5.74, 6) is 0.655. The summed E-state index contributed by atoms with van der Waals surface area (Å²) < 4.78 is 5.23. The molecule has 1 N–H and O–H groups in total. The number of hydrogen-bond acceptors (Lipinski definition) is 4. The highest BCUT2D eigenvalue weighted by molar-refractivity contribution is 5.91. The van der Waals surface area contributed by atoms with Crippen molar-refractivity contribution in [2.45, 2.75) is 19.8 Å². The zero-order valence-corrected chi connectivity index (χ0v) is 17.1. The molecule has 0 atom stereocenters. The van der Waals surface area contributed by atoms with E-state index in [1.165, 1.54) is 6.92 Å². The molecule has 0 fully saturated rings. The van der Waals surface area contributed by atoms with Crippen LogP contribution in [-0.2, 0) is 16.0 Å². The first-order valence-electron chi connectivity index (χ1n) is 9.34. The summed E-state index contributed by atoms with van der Waals surface area (Å²) in [6.07, 6.45) is 0.970. The number of amides is 2. The lowest BCUT2D eigenvalue weighted by Crippen LogP contribution is -2.33. The van der Waals surface area contributed by atoms with E-state index in [9.17, 15) is 9.59 Å². The van der Waals surface area contributed by atoms with Gasteiger partial charge in [0, 0.05) is 51.9 Å². The number of ether oxygens (including phenoxy) is 1. The van der Waals surface area contributed by atoms with Gasteiger partial charge in [0.1, 0.15) is 5.75 Å². The van der Waals surface area contributed by atoms with Crippen LogP contribution in [0, 0.1) is 0 Å². The summed E-state index contributed by atoms with van der Waals surface area (Å²) in [7, 11) is 5.57. The second kappa shape index (κ2) is 10.3. The molecule has 150 valence electrons. The van der Waals surface area contributed by atoms with Crippen molar-refractivity contribution in [1.82, 2.24) is 4.90 Å². The molecule has 28 heavy (non-hydrogen) atoms. The van der Waals surface area contributed by atoms with Gasteiger partial charge in [0.25, 0.3) is 0 Å². The standard InChI is InChI=1S/C22H29N3O3/c1-17(26)25(14-12-18-6-5-7-21(16-18)28-4)15-13-22(27)23-19-8-10-20(11-9-19)24(2)3/h5-11,16H,12-15H2,1-4H3,(H,23,27). The Morgan fingerprint density at radius 3 is 2.36 bits per heavy atom. The molecule has 0 aromatic heterocycles. The average Bonchev–Trinajstić information content (AvgIpc) is 2.68. The SMILES string of the molecule is COc1cccc(CCN(CCC(=O)Nc2ccc(N(C)C)cc2)C(C)=O)c1. The number of hydrogen-bond donors (Lipinski definition) is 1. The summed E-state index contributed by atoms with van der Waals surface area (Å²) in [6.45, 7) is 2.48. The maximum absolute atomic E-state index is 12.2. The third-order valence-corrected chi connectivity index (χ3v) is 4.53. The molecule has 0 aliphatic heterocycles. The number of nitrogens with one attached hydrogen (secondary N) is 1. The Bertz CT molecular complexity index is 788. The molecule has 6 nitrogen and oxygen atoms in total. The van der Waals surface area contributed by atoms with Crippen LogP contribution in [-0.4, -0.2) is 51.0 Å². The van der Waals surface area contributed by atoms with Crippen LogP contribution in [0.2, 0.25) is 0 Å². The molecular formula is C22H29N3O3. The molecule has 0 aliphatic carbocycles. The molecule has 0 radical (unpaired) electrons. The van der Waals surface area contributed by atoms with E-state index < -0.39 is 0 Å². The molecule has 0 saturated carbocycles. The number of carbonyl (C=O) groups excluding carboxylic acids is 2. The van der Waals surface area contributed by atoms with Gasteiger partial charge in [0.2, 0.25) is 11.8 Å². The predicted octanol–water partition coefficient (Wildman–Crippen LogP) is 3.18. The van der Waals surface area contributed by atoms with Gasteiger partial charge in [-0.05, 0) is 48.4 Å². The molecule has 0 unspecified atom stereocenters. The minimum Gasteiger partial charge on any atom is -0.497 e. The van der Waals surface area contributed by atoms with Crippen LogP contribution in [0.4, 0.5) is 11.4 Å². The van der Waals surface area contributed by atoms with Crippen molar-refractivity contribution in [3.05, 3.63) is 54.1 Å². The van der Waals surface area contributed by atoms with Crippen LogP contribution in [0.15, 0.2) is 48.5 Å². The second-order valence-electron chi connectivity index (χ2n) is 6.85. The highest BCUT2D eigenvalue weighted by atomic mass is 16.5. The maximum atomic E-state index is 12.2. The Balaban J connectivity index is 1.84. The van der Waals surface area contributed by atoms with E-state index in [0.717, 1.165) is 22.7 Å². The second-order valence-corrected chi connectivity index (χ2v) is 6.85. The number of methoxy groups -OCH3 is 1. The molecule has 6 heteroatoms. The maximum Gasteiger partial charge on any atom is 0.226 e. The highest BCUT2D eigenvalue weighted by Gasteiger charge is 2.12. The lowest BCUT2D eigenvalue weighted by molar-refractivity contribution is -0.129. The van der Waals surface area contributed by atoms with Crippen molar-refractivity contribution in [3.8, 4) is 5.75 Å². The number of carbonyl (C=O) groups is 2. The molecule has 0 spiro atoms. The Labute approximate surface area is 167 Å². The van der Waals surface area contributed by atoms with Gasteiger partial charge in [0.05, 0.1) is 7.11 Å². The number of benzene rings is 2. The van der Waals surface area contributed by atoms with E-state index in [1.807, 2.05) is 67.5 Å². The minimum atomic E-state index is -0.106. The lowest BCUT2D eigenvalue weighted by atomic mass is 10.1. The molecule has 0 heterocycles. The van der Waals surface area contributed by atoms with E-state index in [2.05, 4.69) is 5.32 Å². The Morgan fingerprint density at radius 2 is 1.75 bits per heavy atom. The number of nitrogens with zero attached hydrogens (tertiary/aromatic N) is 2. The van der Waals surface area contributed by atoms with Crippen LogP contribution in [0.1, 0.15) is 18.9 Å². The van der Waals surface area contributed by atoms with Crippen molar-refractivity contribution in [1.29, 1.82) is 0 Å². The average molecular weight is 383 g/mol. The van der Waals surface area contributed by atoms with Crippen molar-refractivity contribution < 1.29 is 14.3 Å². The summed E-state index contributed by atoms with van der Waals surface area (Å²) in [5.41, 5.74) is 2.91. The normalized spacial score (nSPS) is 10.3. The van der Waals surface area contributed by atoms with E-state index in [-0.39, 0.29) is 18.2 Å². The quantitative estimate of drug-likeness (QED) is 0.722. The molecule has 2 aromatic rings. The zero-order valence-electron chi connectivity index (χ0n) is 17.1.